The molecule has 1 aliphatic heterocycles. The van der Waals surface area contributed by atoms with Gasteiger partial charge in [0, 0.05) is 50.8 Å². The third-order valence-electron chi connectivity index (χ3n) is 5.45. The van der Waals surface area contributed by atoms with Crippen LogP contribution in [-0.4, -0.2) is 50.5 Å². The Bertz CT molecular complexity index is 1010. The zero-order valence-electron chi connectivity index (χ0n) is 18.0. The lowest BCUT2D eigenvalue weighted by Gasteiger charge is -2.29. The molecule has 3 heterocycles. The summed E-state index contributed by atoms with van der Waals surface area (Å²) in [5, 5.41) is 1.88. The zero-order valence-corrected chi connectivity index (χ0v) is 19.8. The quantitative estimate of drug-likeness (QED) is 0.356. The van der Waals surface area contributed by atoms with E-state index in [0.29, 0.717) is 6.73 Å². The fourth-order valence-corrected chi connectivity index (χ4v) is 4.73. The van der Waals surface area contributed by atoms with Crippen molar-refractivity contribution in [3.63, 3.8) is 0 Å². The molecule has 0 saturated carbocycles. The number of hydrogen-bond acceptors (Lipinski definition) is 4. The summed E-state index contributed by atoms with van der Waals surface area (Å²) in [7, 11) is -1.12. The number of hydrogen-bond donors (Lipinski definition) is 0. The van der Waals surface area contributed by atoms with E-state index in [1.165, 1.54) is 5.69 Å². The van der Waals surface area contributed by atoms with Gasteiger partial charge in [-0.3, -0.25) is 0 Å². The Morgan fingerprint density at radius 2 is 1.97 bits per heavy atom. The number of pyridine rings is 1. The van der Waals surface area contributed by atoms with Crippen molar-refractivity contribution in [2.45, 2.75) is 32.4 Å². The summed E-state index contributed by atoms with van der Waals surface area (Å²) in [5.74, 6) is 0. The summed E-state index contributed by atoms with van der Waals surface area (Å²) in [6.07, 6.45) is 4.05. The first-order chi connectivity index (χ1) is 14.4. The average molecular weight is 444 g/mol. The normalized spacial score (nSPS) is 15.1. The molecule has 0 unspecified atom stereocenters. The molecule has 3 aromatic rings. The van der Waals surface area contributed by atoms with E-state index < -0.39 is 8.07 Å². The van der Waals surface area contributed by atoms with Gasteiger partial charge in [0.05, 0.1) is 24.3 Å². The number of halogens is 1. The van der Waals surface area contributed by atoms with Gasteiger partial charge < -0.3 is 18.9 Å². The molecule has 4 rings (SSSR count). The molecule has 0 atom stereocenters. The van der Waals surface area contributed by atoms with E-state index in [-0.39, 0.29) is 0 Å². The van der Waals surface area contributed by atoms with Crippen LogP contribution in [0.2, 0.25) is 30.7 Å². The van der Waals surface area contributed by atoms with Crippen molar-refractivity contribution in [1.29, 1.82) is 0 Å². The van der Waals surface area contributed by atoms with Gasteiger partial charge in [-0.15, -0.1) is 0 Å². The lowest BCUT2D eigenvalue weighted by atomic mass is 10.0. The number of morpholine rings is 1. The highest BCUT2D eigenvalue weighted by molar-refractivity contribution is 6.76. The van der Waals surface area contributed by atoms with E-state index in [0.717, 1.165) is 66.1 Å². The molecule has 160 valence electrons. The molecular formula is C23H30ClN3O2Si. The maximum Gasteiger partial charge on any atom is 0.144 e. The maximum atomic E-state index is 6.32. The molecule has 5 nitrogen and oxygen atoms in total. The minimum atomic E-state index is -1.12. The van der Waals surface area contributed by atoms with Crippen molar-refractivity contribution in [3.8, 4) is 11.1 Å². The summed E-state index contributed by atoms with van der Waals surface area (Å²) in [4.78, 5) is 7.12. The Morgan fingerprint density at radius 3 is 2.70 bits per heavy atom. The van der Waals surface area contributed by atoms with E-state index in [4.69, 9.17) is 26.1 Å². The van der Waals surface area contributed by atoms with Gasteiger partial charge in [-0.1, -0.05) is 43.4 Å². The monoisotopic (exact) mass is 443 g/mol. The van der Waals surface area contributed by atoms with Gasteiger partial charge >= 0.3 is 0 Å². The molecule has 0 radical (unpaired) electrons. The number of rotatable bonds is 7. The number of nitrogens with zero attached hydrogens (tertiary/aromatic N) is 3. The number of benzene rings is 1. The Labute approximate surface area is 184 Å². The third-order valence-corrected chi connectivity index (χ3v) is 7.39. The Morgan fingerprint density at radius 1 is 1.17 bits per heavy atom. The maximum absolute atomic E-state index is 6.32. The van der Waals surface area contributed by atoms with Crippen LogP contribution in [0.5, 0.6) is 0 Å². The SMILES string of the molecule is C[Si](C)(C)CCOCn1cc(-c2cccc(Cl)c2)c2c(N3CCOCC3)ccnc21. The number of anilines is 1. The molecule has 1 fully saturated rings. The van der Waals surface area contributed by atoms with Gasteiger partial charge in [-0.25, -0.2) is 4.98 Å². The minimum Gasteiger partial charge on any atom is -0.378 e. The molecule has 1 saturated heterocycles. The standard InChI is InChI=1S/C23H30ClN3O2Si/c1-30(2,3)14-13-29-17-27-16-20(18-5-4-6-19(24)15-18)22-21(7-8-25-23(22)27)26-9-11-28-12-10-26/h4-8,15-16H,9-14,17H2,1-3H3. The molecule has 2 aromatic heterocycles. The van der Waals surface area contributed by atoms with Crippen LogP contribution in [-0.2, 0) is 16.2 Å². The predicted molar refractivity (Wildman–Crippen MR) is 127 cm³/mol. The van der Waals surface area contributed by atoms with E-state index in [1.54, 1.807) is 0 Å². The van der Waals surface area contributed by atoms with Crippen LogP contribution in [0.25, 0.3) is 22.2 Å². The van der Waals surface area contributed by atoms with Crippen LogP contribution >= 0.6 is 11.6 Å². The first kappa shape index (κ1) is 21.4. The smallest absolute Gasteiger partial charge is 0.144 e. The van der Waals surface area contributed by atoms with Crippen LogP contribution in [0.3, 0.4) is 0 Å². The van der Waals surface area contributed by atoms with E-state index in [9.17, 15) is 0 Å². The number of aromatic nitrogens is 2. The molecule has 0 N–H and O–H groups in total. The van der Waals surface area contributed by atoms with Gasteiger partial charge in [0.15, 0.2) is 0 Å². The molecule has 0 spiro atoms. The van der Waals surface area contributed by atoms with E-state index >= 15 is 0 Å². The first-order valence-electron chi connectivity index (χ1n) is 10.6. The highest BCUT2D eigenvalue weighted by Crippen LogP contribution is 2.37. The largest absolute Gasteiger partial charge is 0.378 e. The molecule has 1 aliphatic rings. The summed E-state index contributed by atoms with van der Waals surface area (Å²) in [6.45, 7) is 11.6. The van der Waals surface area contributed by atoms with Crippen molar-refractivity contribution in [2.24, 2.45) is 0 Å². The number of ether oxygens (including phenoxy) is 2. The summed E-state index contributed by atoms with van der Waals surface area (Å²) >= 11 is 6.32. The summed E-state index contributed by atoms with van der Waals surface area (Å²) in [5.41, 5.74) is 4.37. The molecule has 1 aromatic carbocycles. The van der Waals surface area contributed by atoms with Crippen molar-refractivity contribution >= 4 is 36.4 Å². The molecule has 0 aliphatic carbocycles. The summed E-state index contributed by atoms with van der Waals surface area (Å²) in [6, 6.07) is 11.3. The highest BCUT2D eigenvalue weighted by Gasteiger charge is 2.21. The zero-order chi connectivity index (χ0) is 21.1. The van der Waals surface area contributed by atoms with E-state index in [1.807, 2.05) is 24.4 Å². The highest BCUT2D eigenvalue weighted by atomic mass is 35.5. The van der Waals surface area contributed by atoms with Crippen LogP contribution in [0.15, 0.2) is 42.7 Å². The van der Waals surface area contributed by atoms with Crippen LogP contribution in [0.1, 0.15) is 0 Å². The van der Waals surface area contributed by atoms with Crippen LogP contribution in [0.4, 0.5) is 5.69 Å². The Balaban J connectivity index is 1.73. The fraction of sp³-hybridized carbons (Fsp3) is 0.435. The molecular weight excluding hydrogens is 414 g/mol. The van der Waals surface area contributed by atoms with Crippen LogP contribution < -0.4 is 4.90 Å². The van der Waals surface area contributed by atoms with Gasteiger partial charge in [0.2, 0.25) is 0 Å². The molecule has 30 heavy (non-hydrogen) atoms. The molecule has 7 heteroatoms. The first-order valence-corrected chi connectivity index (χ1v) is 14.7. The molecule has 0 amide bonds. The third kappa shape index (κ3) is 4.89. The fourth-order valence-electron chi connectivity index (χ4n) is 3.78. The Kier molecular flexibility index (Phi) is 6.48. The van der Waals surface area contributed by atoms with Crippen molar-refractivity contribution in [1.82, 2.24) is 9.55 Å². The van der Waals surface area contributed by atoms with Gasteiger partial charge in [-0.2, -0.15) is 0 Å². The summed E-state index contributed by atoms with van der Waals surface area (Å²) < 4.78 is 13.8. The Hall–Kier alpha value is -1.86. The second-order valence-electron chi connectivity index (χ2n) is 9.00. The van der Waals surface area contributed by atoms with Crippen molar-refractivity contribution < 1.29 is 9.47 Å². The lowest BCUT2D eigenvalue weighted by molar-refractivity contribution is 0.0899. The molecule has 0 bridgehead atoms. The average Bonchev–Trinajstić information content (AvgIpc) is 3.10. The lowest BCUT2D eigenvalue weighted by Crippen LogP contribution is -2.36. The van der Waals surface area contributed by atoms with Crippen LogP contribution in [0, 0.1) is 0 Å². The second kappa shape index (κ2) is 9.10. The predicted octanol–water partition coefficient (Wildman–Crippen LogP) is 5.51. The van der Waals surface area contributed by atoms with Gasteiger partial charge in [0.1, 0.15) is 12.4 Å². The van der Waals surface area contributed by atoms with Gasteiger partial charge in [0.25, 0.3) is 0 Å². The van der Waals surface area contributed by atoms with Gasteiger partial charge in [-0.05, 0) is 29.8 Å². The topological polar surface area (TPSA) is 39.5 Å². The van der Waals surface area contributed by atoms with Crippen molar-refractivity contribution in [2.75, 3.05) is 37.8 Å². The number of fused-ring (bicyclic) bond motifs is 1. The van der Waals surface area contributed by atoms with E-state index in [2.05, 4.69) is 47.4 Å². The second-order valence-corrected chi connectivity index (χ2v) is 15.1. The minimum absolute atomic E-state index is 0.501. The van der Waals surface area contributed by atoms with Crippen molar-refractivity contribution in [3.05, 3.63) is 47.7 Å².